The molecule has 3 rings (SSSR count). The number of ether oxygens (including phenoxy) is 1. The van der Waals surface area contributed by atoms with Crippen molar-refractivity contribution in [2.45, 2.75) is 63.2 Å². The molecule has 1 N–H and O–H groups in total. The van der Waals surface area contributed by atoms with Gasteiger partial charge in [-0.1, -0.05) is 31.5 Å². The Morgan fingerprint density at radius 2 is 1.67 bits per heavy atom. The zero-order valence-corrected chi connectivity index (χ0v) is 13.8. The van der Waals surface area contributed by atoms with Crippen LogP contribution in [0.3, 0.4) is 0 Å². The summed E-state index contributed by atoms with van der Waals surface area (Å²) < 4.78 is 34.3. The first-order chi connectivity index (χ1) is 9.67. The van der Waals surface area contributed by atoms with E-state index in [1.807, 2.05) is 26.0 Å². The lowest BCUT2D eigenvalue weighted by Gasteiger charge is -2.44. The van der Waals surface area contributed by atoms with Crippen LogP contribution >= 0.6 is 0 Å². The minimum absolute atomic E-state index is 0.0438. The Balaban J connectivity index is 1.94. The fourth-order valence-electron chi connectivity index (χ4n) is 3.59. The van der Waals surface area contributed by atoms with Crippen LogP contribution in [0, 0.1) is 12.3 Å². The highest BCUT2D eigenvalue weighted by Crippen LogP contribution is 2.54. The minimum Gasteiger partial charge on any atom is -0.372 e. The Kier molecular flexibility index (Phi) is 3.24. The lowest BCUT2D eigenvalue weighted by molar-refractivity contribution is 0.0735. The molecule has 2 fully saturated rings. The van der Waals surface area contributed by atoms with Gasteiger partial charge in [0, 0.05) is 5.41 Å². The summed E-state index contributed by atoms with van der Waals surface area (Å²) in [6.45, 7) is 8.10. The predicted octanol–water partition coefficient (Wildman–Crippen LogP) is 2.62. The van der Waals surface area contributed by atoms with Crippen molar-refractivity contribution < 1.29 is 13.2 Å². The molecular weight excluding hydrogens is 286 g/mol. The molecule has 0 saturated carbocycles. The molecule has 3 atom stereocenters. The number of hydrogen-bond donors (Lipinski definition) is 1. The van der Waals surface area contributed by atoms with Gasteiger partial charge in [-0.25, -0.2) is 13.1 Å². The lowest BCUT2D eigenvalue weighted by Crippen LogP contribution is -2.61. The van der Waals surface area contributed by atoms with Gasteiger partial charge in [-0.15, -0.1) is 0 Å². The normalized spacial score (nSPS) is 34.3. The molecule has 5 heteroatoms. The van der Waals surface area contributed by atoms with E-state index in [2.05, 4.69) is 18.6 Å². The minimum atomic E-state index is -3.54. The van der Waals surface area contributed by atoms with Crippen LogP contribution in [-0.2, 0) is 14.8 Å². The second kappa shape index (κ2) is 4.54. The zero-order valence-electron chi connectivity index (χ0n) is 13.0. The smallest absolute Gasteiger partial charge is 0.241 e. The lowest BCUT2D eigenvalue weighted by atomic mass is 9.65. The second-order valence-corrected chi connectivity index (χ2v) is 8.72. The SMILES string of the molecule is Cc1ccc(S(=O)(=O)N[C@@]2(C)[C@@H]3CC[C@@H](O3)C2(C)C)cc1. The highest BCUT2D eigenvalue weighted by atomic mass is 32.2. The maximum absolute atomic E-state index is 12.7. The highest BCUT2D eigenvalue weighted by Gasteiger charge is 2.63. The maximum atomic E-state index is 12.7. The number of aryl methyl sites for hydroxylation is 1. The summed E-state index contributed by atoms with van der Waals surface area (Å²) in [5.41, 5.74) is 0.261. The molecule has 21 heavy (non-hydrogen) atoms. The van der Waals surface area contributed by atoms with Crippen LogP contribution < -0.4 is 4.72 Å². The summed E-state index contributed by atoms with van der Waals surface area (Å²) in [6.07, 6.45) is 2.02. The van der Waals surface area contributed by atoms with Gasteiger partial charge in [-0.3, -0.25) is 0 Å². The van der Waals surface area contributed by atoms with E-state index in [1.165, 1.54) is 0 Å². The van der Waals surface area contributed by atoms with Crippen LogP contribution in [-0.4, -0.2) is 26.2 Å². The third-order valence-electron chi connectivity index (χ3n) is 5.48. The van der Waals surface area contributed by atoms with Crippen LogP contribution in [0.5, 0.6) is 0 Å². The Morgan fingerprint density at radius 1 is 1.10 bits per heavy atom. The van der Waals surface area contributed by atoms with E-state index >= 15 is 0 Å². The van der Waals surface area contributed by atoms with Gasteiger partial charge in [0.25, 0.3) is 0 Å². The van der Waals surface area contributed by atoms with E-state index in [0.717, 1.165) is 18.4 Å². The summed E-state index contributed by atoms with van der Waals surface area (Å²) in [5, 5.41) is 0. The van der Waals surface area contributed by atoms with Gasteiger partial charge in [0.1, 0.15) is 0 Å². The molecule has 2 saturated heterocycles. The van der Waals surface area contributed by atoms with E-state index in [4.69, 9.17) is 4.74 Å². The first kappa shape index (κ1) is 15.0. The molecule has 1 aromatic carbocycles. The number of rotatable bonds is 3. The van der Waals surface area contributed by atoms with Gasteiger partial charge in [0.05, 0.1) is 22.6 Å². The molecular formula is C16H23NO3S. The van der Waals surface area contributed by atoms with E-state index in [9.17, 15) is 8.42 Å². The van der Waals surface area contributed by atoms with Crippen LogP contribution in [0.2, 0.25) is 0 Å². The molecule has 116 valence electrons. The summed E-state index contributed by atoms with van der Waals surface area (Å²) in [7, 11) is -3.54. The average molecular weight is 309 g/mol. The summed E-state index contributed by atoms with van der Waals surface area (Å²) in [4.78, 5) is 0.313. The Bertz CT molecular complexity index is 651. The average Bonchev–Trinajstić information content (AvgIpc) is 2.93. The molecule has 2 aliphatic rings. The zero-order chi connectivity index (χ0) is 15.5. The number of fused-ring (bicyclic) bond motifs is 2. The van der Waals surface area contributed by atoms with E-state index < -0.39 is 15.6 Å². The molecule has 2 aliphatic heterocycles. The molecule has 0 amide bonds. The van der Waals surface area contributed by atoms with Gasteiger partial charge in [-0.2, -0.15) is 0 Å². The third kappa shape index (κ3) is 2.14. The second-order valence-electron chi connectivity index (χ2n) is 7.03. The summed E-state index contributed by atoms with van der Waals surface area (Å²) >= 11 is 0. The Labute approximate surface area is 126 Å². The van der Waals surface area contributed by atoms with E-state index in [1.54, 1.807) is 12.1 Å². The molecule has 0 radical (unpaired) electrons. The van der Waals surface area contributed by atoms with Crippen LogP contribution in [0.15, 0.2) is 29.2 Å². The van der Waals surface area contributed by atoms with Gasteiger partial charge in [-0.05, 0) is 38.8 Å². The van der Waals surface area contributed by atoms with Crippen LogP contribution in [0.1, 0.15) is 39.2 Å². The molecule has 0 aromatic heterocycles. The van der Waals surface area contributed by atoms with E-state index in [0.29, 0.717) is 4.90 Å². The quantitative estimate of drug-likeness (QED) is 0.934. The monoisotopic (exact) mass is 309 g/mol. The van der Waals surface area contributed by atoms with Gasteiger partial charge in [0.2, 0.25) is 10.0 Å². The standard InChI is InChI=1S/C16H23NO3S/c1-11-5-7-12(8-6-11)21(18,19)17-16(4)14-10-9-13(20-14)15(16,2)3/h5-8,13-14,17H,9-10H2,1-4H3/t13-,14+,16+/m1/s1. The van der Waals surface area contributed by atoms with Crippen molar-refractivity contribution >= 4 is 10.0 Å². The van der Waals surface area contributed by atoms with Crippen molar-refractivity contribution in [1.29, 1.82) is 0 Å². The molecule has 0 aliphatic carbocycles. The molecule has 0 unspecified atom stereocenters. The summed E-state index contributed by atoms with van der Waals surface area (Å²) in [5.74, 6) is 0. The van der Waals surface area contributed by atoms with Gasteiger partial charge < -0.3 is 4.74 Å². The number of nitrogens with one attached hydrogen (secondary N) is 1. The fourth-order valence-corrected chi connectivity index (χ4v) is 5.16. The Hall–Kier alpha value is -0.910. The summed E-state index contributed by atoms with van der Waals surface area (Å²) in [6, 6.07) is 6.95. The third-order valence-corrected chi connectivity index (χ3v) is 7.07. The van der Waals surface area contributed by atoms with Crippen LogP contribution in [0.4, 0.5) is 0 Å². The van der Waals surface area contributed by atoms with Gasteiger partial charge in [0.15, 0.2) is 0 Å². The number of hydrogen-bond acceptors (Lipinski definition) is 3. The molecule has 2 bridgehead atoms. The molecule has 4 nitrogen and oxygen atoms in total. The van der Waals surface area contributed by atoms with Crippen molar-refractivity contribution in [3.8, 4) is 0 Å². The van der Waals surface area contributed by atoms with Crippen LogP contribution in [0.25, 0.3) is 0 Å². The van der Waals surface area contributed by atoms with Crippen molar-refractivity contribution in [2.75, 3.05) is 0 Å². The first-order valence-corrected chi connectivity index (χ1v) is 8.91. The Morgan fingerprint density at radius 3 is 2.19 bits per heavy atom. The first-order valence-electron chi connectivity index (χ1n) is 7.43. The number of benzene rings is 1. The fraction of sp³-hybridized carbons (Fsp3) is 0.625. The van der Waals surface area contributed by atoms with E-state index in [-0.39, 0.29) is 17.6 Å². The highest BCUT2D eigenvalue weighted by molar-refractivity contribution is 7.89. The van der Waals surface area contributed by atoms with Crippen molar-refractivity contribution in [3.63, 3.8) is 0 Å². The van der Waals surface area contributed by atoms with Crippen molar-refractivity contribution in [2.24, 2.45) is 5.41 Å². The van der Waals surface area contributed by atoms with Gasteiger partial charge >= 0.3 is 0 Å². The topological polar surface area (TPSA) is 55.4 Å². The molecule has 2 heterocycles. The molecule has 1 aromatic rings. The number of sulfonamides is 1. The molecule has 0 spiro atoms. The predicted molar refractivity (Wildman–Crippen MR) is 81.6 cm³/mol. The largest absolute Gasteiger partial charge is 0.372 e. The van der Waals surface area contributed by atoms with Crippen molar-refractivity contribution in [1.82, 2.24) is 4.72 Å². The maximum Gasteiger partial charge on any atom is 0.241 e. The van der Waals surface area contributed by atoms with Crippen molar-refractivity contribution in [3.05, 3.63) is 29.8 Å².